The third-order valence-electron chi connectivity index (χ3n) is 12.0. The Morgan fingerprint density at radius 3 is 2.57 bits per heavy atom. The van der Waals surface area contributed by atoms with E-state index < -0.39 is 41.7 Å². The Hall–Kier alpha value is -4.55. The number of ether oxygens (including phenoxy) is 2. The van der Waals surface area contributed by atoms with Crippen LogP contribution in [0.3, 0.4) is 0 Å². The monoisotopic (exact) mass is 788 g/mol. The van der Waals surface area contributed by atoms with Crippen LogP contribution in [0.5, 0.6) is 5.88 Å². The number of aliphatic hydroxyl groups excluding tert-OH is 1. The number of benzene rings is 1. The lowest BCUT2D eigenvalue weighted by Crippen LogP contribution is -2.54. The number of carbonyl (C=O) groups excluding carboxylic acids is 5. The van der Waals surface area contributed by atoms with Gasteiger partial charge in [-0.05, 0) is 75.0 Å². The van der Waals surface area contributed by atoms with E-state index in [1.54, 1.807) is 35.9 Å². The molecular weight excluding hydrogens is 741 g/mol. The second kappa shape index (κ2) is 16.5. The molecule has 16 nitrogen and oxygen atoms in total. The molecule has 3 fully saturated rings. The number of thiophene rings is 1. The highest BCUT2D eigenvalue weighted by Gasteiger charge is 2.45. The van der Waals surface area contributed by atoms with Crippen molar-refractivity contribution in [3.05, 3.63) is 46.1 Å². The smallest absolute Gasteiger partial charge is 0.264 e. The number of nitrogens with one attached hydrogen (secondary N) is 2. The first-order chi connectivity index (χ1) is 27.2. The summed E-state index contributed by atoms with van der Waals surface area (Å²) in [6.07, 6.45) is 6.71. The molecule has 1 saturated carbocycles. The quantitative estimate of drug-likeness (QED) is 0.136. The number of anilines is 1. The van der Waals surface area contributed by atoms with Gasteiger partial charge in [0.15, 0.2) is 0 Å². The third kappa shape index (κ3) is 7.74. The van der Waals surface area contributed by atoms with Gasteiger partial charge in [0.1, 0.15) is 29.4 Å². The number of piperidine rings is 1. The summed E-state index contributed by atoms with van der Waals surface area (Å²) in [7, 11) is 0. The maximum atomic E-state index is 13.3. The summed E-state index contributed by atoms with van der Waals surface area (Å²) < 4.78 is 12.5. The molecule has 1 aromatic carbocycles. The van der Waals surface area contributed by atoms with Crippen LogP contribution in [0.2, 0.25) is 0 Å². The molecule has 3 aliphatic heterocycles. The van der Waals surface area contributed by atoms with Gasteiger partial charge in [0.25, 0.3) is 11.8 Å². The van der Waals surface area contributed by atoms with E-state index in [-0.39, 0.29) is 36.0 Å². The lowest BCUT2D eigenvalue weighted by Gasteiger charge is -2.41. The summed E-state index contributed by atoms with van der Waals surface area (Å²) in [5, 5.41) is 16.6. The number of aliphatic hydroxyl groups is 1. The molecule has 3 aromatic rings. The van der Waals surface area contributed by atoms with E-state index in [0.717, 1.165) is 91.9 Å². The van der Waals surface area contributed by atoms with Gasteiger partial charge in [0, 0.05) is 62.3 Å². The van der Waals surface area contributed by atoms with Crippen LogP contribution in [0.1, 0.15) is 88.4 Å². The van der Waals surface area contributed by atoms with Crippen LogP contribution in [0.25, 0.3) is 10.2 Å². The molecule has 2 aliphatic carbocycles. The Morgan fingerprint density at radius 1 is 1.00 bits per heavy atom. The number of carbonyl (C=O) groups is 5. The number of imide groups is 2. The Kier molecular flexibility index (Phi) is 11.3. The average Bonchev–Trinajstić information content (AvgIpc) is 3.84. The van der Waals surface area contributed by atoms with Crippen molar-refractivity contribution in [2.45, 2.75) is 88.0 Å². The lowest BCUT2D eigenvalue weighted by molar-refractivity contribution is -0.136. The van der Waals surface area contributed by atoms with Crippen molar-refractivity contribution in [2.24, 2.45) is 5.73 Å². The van der Waals surface area contributed by atoms with Crippen molar-refractivity contribution in [3.8, 4) is 5.88 Å². The summed E-state index contributed by atoms with van der Waals surface area (Å²) in [4.78, 5) is 79.2. The summed E-state index contributed by atoms with van der Waals surface area (Å²) in [5.74, 6) is -2.16. The summed E-state index contributed by atoms with van der Waals surface area (Å²) in [6.45, 7) is 6.22. The summed E-state index contributed by atoms with van der Waals surface area (Å²) in [5.41, 5.74) is 7.47. The van der Waals surface area contributed by atoms with E-state index in [0.29, 0.717) is 43.8 Å². The Balaban J connectivity index is 0.746. The van der Waals surface area contributed by atoms with Crippen LogP contribution in [0.15, 0.2) is 24.5 Å². The average molecular weight is 789 g/mol. The predicted molar refractivity (Wildman–Crippen MR) is 205 cm³/mol. The largest absolute Gasteiger partial charge is 0.474 e. The van der Waals surface area contributed by atoms with Crippen molar-refractivity contribution < 1.29 is 38.6 Å². The molecule has 3 atom stereocenters. The molecule has 0 spiro atoms. The fourth-order valence-corrected chi connectivity index (χ4v) is 10.2. The molecule has 5 aliphatic rings. The molecule has 8 rings (SSSR count). The molecule has 56 heavy (non-hydrogen) atoms. The van der Waals surface area contributed by atoms with Crippen molar-refractivity contribution in [1.82, 2.24) is 30.0 Å². The van der Waals surface area contributed by atoms with Gasteiger partial charge in [-0.25, -0.2) is 9.97 Å². The van der Waals surface area contributed by atoms with Crippen molar-refractivity contribution in [1.29, 1.82) is 0 Å². The highest BCUT2D eigenvalue weighted by atomic mass is 32.1. The van der Waals surface area contributed by atoms with E-state index >= 15 is 0 Å². The third-order valence-corrected chi connectivity index (χ3v) is 13.1. The van der Waals surface area contributed by atoms with Crippen LogP contribution in [0.4, 0.5) is 5.69 Å². The van der Waals surface area contributed by atoms with Crippen molar-refractivity contribution in [3.63, 3.8) is 0 Å². The molecule has 0 radical (unpaired) electrons. The minimum absolute atomic E-state index is 0.0263. The highest BCUT2D eigenvalue weighted by molar-refractivity contribution is 7.19. The normalized spacial score (nSPS) is 25.0. The number of nitrogens with zero attached hydrogens (tertiary/aromatic N) is 5. The van der Waals surface area contributed by atoms with Gasteiger partial charge in [-0.3, -0.25) is 44.0 Å². The van der Waals surface area contributed by atoms with E-state index in [4.69, 9.17) is 15.2 Å². The Bertz CT molecular complexity index is 2010. The van der Waals surface area contributed by atoms with Gasteiger partial charge in [-0.2, -0.15) is 0 Å². The highest BCUT2D eigenvalue weighted by Crippen LogP contribution is 2.48. The minimum Gasteiger partial charge on any atom is -0.474 e. The van der Waals surface area contributed by atoms with E-state index in [1.807, 2.05) is 0 Å². The molecule has 298 valence electrons. The van der Waals surface area contributed by atoms with Crippen molar-refractivity contribution >= 4 is 56.8 Å². The SMILES string of the molecule is NC(=O)[C@@H](O)C[C@H]1CCc2sc3ncnc(O[C@H]4CC[C@H](N5CCN(CCOCCNc6cccc7c6C(=O)N(C6CCC(=O)NC6=O)C7=O)CC5)CC4)c3c21. The van der Waals surface area contributed by atoms with E-state index in [1.165, 1.54) is 4.88 Å². The van der Waals surface area contributed by atoms with Gasteiger partial charge >= 0.3 is 0 Å². The first-order valence-corrected chi connectivity index (χ1v) is 20.5. The number of aromatic nitrogens is 2. The fourth-order valence-electron chi connectivity index (χ4n) is 9.01. The molecule has 5 amide bonds. The van der Waals surface area contributed by atoms with Crippen LogP contribution in [0, 0.1) is 0 Å². The number of primary amides is 1. The van der Waals surface area contributed by atoms with E-state index in [9.17, 15) is 29.1 Å². The van der Waals surface area contributed by atoms with Gasteiger partial charge in [-0.15, -0.1) is 11.3 Å². The number of aryl methyl sites for hydroxylation is 1. The first kappa shape index (κ1) is 38.3. The molecule has 5 N–H and O–H groups in total. The zero-order chi connectivity index (χ0) is 38.9. The van der Waals surface area contributed by atoms with Gasteiger partial charge in [-0.1, -0.05) is 6.07 Å². The molecule has 17 heteroatoms. The number of rotatable bonds is 14. The standard InChI is InChI=1S/C39H48N8O8S/c40-34(50)28(48)20-22-4-10-29-31(22)33-36(42-21-43-37(33)56-29)55-24-7-5-23(6-8-24)46-15-13-45(14-16-46)17-19-54-18-12-41-26-3-1-2-25-32(26)39(53)47(38(25)52)27-9-11-30(49)44-35(27)51/h1-3,21-24,27-28,41,48H,4-20H2,(H2,40,50)(H,44,49,51)/t22-,23-,24-,27?,28+/m1/s1. The van der Waals surface area contributed by atoms with Crippen LogP contribution in [-0.2, 0) is 25.5 Å². The van der Waals surface area contributed by atoms with Crippen LogP contribution < -0.4 is 21.1 Å². The number of piperazine rings is 1. The van der Waals surface area contributed by atoms with Crippen molar-refractivity contribution in [2.75, 3.05) is 57.8 Å². The fraction of sp³-hybridized carbons (Fsp3) is 0.564. The maximum Gasteiger partial charge on any atom is 0.264 e. The van der Waals surface area contributed by atoms with Crippen LogP contribution in [-0.4, -0.2) is 136 Å². The van der Waals surface area contributed by atoms with E-state index in [2.05, 4.69) is 30.4 Å². The number of amides is 5. The minimum atomic E-state index is -1.18. The number of nitrogens with two attached hydrogens (primary N) is 1. The number of hydrogen-bond acceptors (Lipinski definition) is 14. The zero-order valence-electron chi connectivity index (χ0n) is 31.2. The molecular formula is C39H48N8O8S. The summed E-state index contributed by atoms with van der Waals surface area (Å²) in [6, 6.07) is 4.54. The second-order valence-corrected chi connectivity index (χ2v) is 16.4. The molecule has 0 bridgehead atoms. The predicted octanol–water partition coefficient (Wildman–Crippen LogP) is 1.79. The Labute approximate surface area is 328 Å². The van der Waals surface area contributed by atoms with Gasteiger partial charge < -0.3 is 25.6 Å². The lowest BCUT2D eigenvalue weighted by atomic mass is 9.91. The van der Waals surface area contributed by atoms with Gasteiger partial charge in [0.05, 0.1) is 29.7 Å². The van der Waals surface area contributed by atoms with Gasteiger partial charge in [0.2, 0.25) is 23.6 Å². The molecule has 2 aromatic heterocycles. The molecule has 5 heterocycles. The maximum absolute atomic E-state index is 13.3. The first-order valence-electron chi connectivity index (χ1n) is 19.7. The number of fused-ring (bicyclic) bond motifs is 4. The number of hydrogen-bond donors (Lipinski definition) is 4. The zero-order valence-corrected chi connectivity index (χ0v) is 32.1. The van der Waals surface area contributed by atoms with Crippen LogP contribution >= 0.6 is 11.3 Å². The molecule has 2 saturated heterocycles. The topological polar surface area (TPSA) is 210 Å². The second-order valence-electron chi connectivity index (χ2n) is 15.3. The molecule has 1 unspecified atom stereocenters. The Morgan fingerprint density at radius 2 is 1.80 bits per heavy atom. The summed E-state index contributed by atoms with van der Waals surface area (Å²) >= 11 is 1.65.